The molecule has 1 heterocycles. The number of rotatable bonds is 6. The maximum Gasteiger partial charge on any atom is 0.435 e. The predicted molar refractivity (Wildman–Crippen MR) is 106 cm³/mol. The molecule has 3 rings (SSSR count). The molecule has 162 valence electrons. The number of hydrogen-bond donors (Lipinski definition) is 2. The fourth-order valence-corrected chi connectivity index (χ4v) is 3.76. The summed E-state index contributed by atoms with van der Waals surface area (Å²) in [6.45, 7) is 3.71. The number of primary amides is 1. The average Bonchev–Trinajstić information content (AvgIpc) is 3.06. The summed E-state index contributed by atoms with van der Waals surface area (Å²) in [6.07, 6.45) is -1.68. The van der Waals surface area contributed by atoms with Gasteiger partial charge in [0, 0.05) is 23.7 Å². The van der Waals surface area contributed by atoms with Crippen LogP contribution in [0.15, 0.2) is 18.2 Å². The van der Waals surface area contributed by atoms with Gasteiger partial charge in [-0.15, -0.1) is 0 Å². The summed E-state index contributed by atoms with van der Waals surface area (Å²) in [6, 6.07) is 4.96. The summed E-state index contributed by atoms with van der Waals surface area (Å²) in [5.74, 6) is -1.48. The van der Waals surface area contributed by atoms with E-state index >= 15 is 0 Å². The molecule has 0 fully saturated rings. The average molecular weight is 422 g/mol. The number of fused-ring (bicyclic) bond motifs is 1. The second-order valence-electron chi connectivity index (χ2n) is 7.79. The summed E-state index contributed by atoms with van der Waals surface area (Å²) >= 11 is 0. The van der Waals surface area contributed by atoms with E-state index in [1.54, 1.807) is 32.0 Å². The molecule has 1 aromatic carbocycles. The van der Waals surface area contributed by atoms with E-state index in [1.165, 1.54) is 4.68 Å². The summed E-state index contributed by atoms with van der Waals surface area (Å²) < 4.78 is 41.3. The van der Waals surface area contributed by atoms with E-state index in [-0.39, 0.29) is 23.6 Å². The van der Waals surface area contributed by atoms with Crippen LogP contribution in [0.5, 0.6) is 0 Å². The number of nitrogens with one attached hydrogen (secondary N) is 1. The first-order valence-electron chi connectivity index (χ1n) is 9.95. The second kappa shape index (κ2) is 8.49. The first-order chi connectivity index (χ1) is 14.1. The molecule has 1 aromatic heterocycles. The molecule has 0 saturated heterocycles. The molecule has 0 spiro atoms. The predicted octanol–water partition coefficient (Wildman–Crippen LogP) is 3.85. The fourth-order valence-electron chi connectivity index (χ4n) is 3.76. The van der Waals surface area contributed by atoms with Crippen LogP contribution in [0.2, 0.25) is 0 Å². The Labute approximate surface area is 172 Å². The first-order valence-corrected chi connectivity index (χ1v) is 9.95. The molecule has 9 heteroatoms. The molecule has 2 aromatic rings. The van der Waals surface area contributed by atoms with Gasteiger partial charge in [0.15, 0.2) is 5.69 Å². The Hall–Kier alpha value is -2.84. The molecular weight excluding hydrogens is 397 g/mol. The molecule has 0 saturated carbocycles. The lowest BCUT2D eigenvalue weighted by Crippen LogP contribution is -2.24. The molecule has 3 N–H and O–H groups in total. The Balaban J connectivity index is 1.71. The Kier molecular flexibility index (Phi) is 6.19. The maximum absolute atomic E-state index is 13.3. The lowest BCUT2D eigenvalue weighted by atomic mass is 9.95. The molecule has 2 amide bonds. The molecule has 0 aliphatic heterocycles. The molecule has 6 nitrogen and oxygen atoms in total. The van der Waals surface area contributed by atoms with Gasteiger partial charge in [-0.25, -0.2) is 0 Å². The van der Waals surface area contributed by atoms with Crippen molar-refractivity contribution in [2.45, 2.75) is 58.7 Å². The third kappa shape index (κ3) is 4.66. The summed E-state index contributed by atoms with van der Waals surface area (Å²) in [5, 5.41) is 6.52. The van der Waals surface area contributed by atoms with Gasteiger partial charge in [-0.3, -0.25) is 14.3 Å². The number of amides is 2. The van der Waals surface area contributed by atoms with Crippen LogP contribution in [0, 0.1) is 12.8 Å². The van der Waals surface area contributed by atoms with Crippen LogP contribution in [0.4, 0.5) is 18.9 Å². The zero-order valence-corrected chi connectivity index (χ0v) is 17.0. The monoisotopic (exact) mass is 422 g/mol. The Morgan fingerprint density at radius 3 is 2.63 bits per heavy atom. The van der Waals surface area contributed by atoms with E-state index in [4.69, 9.17) is 5.73 Å². The van der Waals surface area contributed by atoms with E-state index in [1.807, 2.05) is 0 Å². The molecule has 0 radical (unpaired) electrons. The number of aromatic nitrogens is 2. The first kappa shape index (κ1) is 21.9. The van der Waals surface area contributed by atoms with Crippen molar-refractivity contribution in [2.75, 3.05) is 5.32 Å². The van der Waals surface area contributed by atoms with Crippen LogP contribution in [0.25, 0.3) is 0 Å². The smallest absolute Gasteiger partial charge is 0.366 e. The highest BCUT2D eigenvalue weighted by atomic mass is 19.4. The van der Waals surface area contributed by atoms with Gasteiger partial charge in [-0.1, -0.05) is 18.6 Å². The zero-order chi connectivity index (χ0) is 22.1. The standard InChI is InChI=1S/C21H25F3N4O2/c1-12-7-8-16(15(11-12)19(25)29)26-20(30)13(2)9-10-28-17-6-4-3-5-14(17)18(27-28)21(22,23)24/h7-8,11,13H,3-6,9-10H2,1-2H3,(H2,25,29)(H,26,30). The Morgan fingerprint density at radius 1 is 1.27 bits per heavy atom. The zero-order valence-electron chi connectivity index (χ0n) is 17.0. The second-order valence-corrected chi connectivity index (χ2v) is 7.79. The fraction of sp³-hybridized carbons (Fsp3) is 0.476. The Morgan fingerprint density at radius 2 is 1.97 bits per heavy atom. The molecule has 1 aliphatic rings. The third-order valence-corrected chi connectivity index (χ3v) is 5.45. The minimum absolute atomic E-state index is 0.212. The highest BCUT2D eigenvalue weighted by Crippen LogP contribution is 2.36. The lowest BCUT2D eigenvalue weighted by molar-refractivity contribution is -0.142. The van der Waals surface area contributed by atoms with E-state index in [0.717, 1.165) is 18.4 Å². The van der Waals surface area contributed by atoms with Crippen molar-refractivity contribution in [3.8, 4) is 0 Å². The van der Waals surface area contributed by atoms with Gasteiger partial charge in [-0.2, -0.15) is 18.3 Å². The van der Waals surface area contributed by atoms with Crippen LogP contribution in [-0.4, -0.2) is 21.6 Å². The minimum atomic E-state index is -4.48. The van der Waals surface area contributed by atoms with Crippen LogP contribution < -0.4 is 11.1 Å². The summed E-state index contributed by atoms with van der Waals surface area (Å²) in [7, 11) is 0. The van der Waals surface area contributed by atoms with Gasteiger partial charge in [0.25, 0.3) is 5.91 Å². The van der Waals surface area contributed by atoms with Crippen molar-refractivity contribution in [2.24, 2.45) is 11.7 Å². The molecule has 30 heavy (non-hydrogen) atoms. The number of hydrogen-bond acceptors (Lipinski definition) is 3. The van der Waals surface area contributed by atoms with Crippen molar-refractivity contribution < 1.29 is 22.8 Å². The van der Waals surface area contributed by atoms with Crippen LogP contribution in [-0.2, 0) is 30.4 Å². The van der Waals surface area contributed by atoms with Crippen molar-refractivity contribution >= 4 is 17.5 Å². The maximum atomic E-state index is 13.3. The molecule has 1 unspecified atom stereocenters. The van der Waals surface area contributed by atoms with Gasteiger partial charge in [0.1, 0.15) is 0 Å². The van der Waals surface area contributed by atoms with Crippen LogP contribution in [0.3, 0.4) is 0 Å². The highest BCUT2D eigenvalue weighted by molar-refractivity contribution is 6.03. The van der Waals surface area contributed by atoms with Crippen LogP contribution in [0.1, 0.15) is 59.1 Å². The SMILES string of the molecule is Cc1ccc(NC(=O)C(C)CCn2nc(C(F)(F)F)c3c2CCCC3)c(C(N)=O)c1. The van der Waals surface area contributed by atoms with E-state index in [0.29, 0.717) is 30.6 Å². The van der Waals surface area contributed by atoms with E-state index in [9.17, 15) is 22.8 Å². The molecular formula is C21H25F3N4O2. The van der Waals surface area contributed by atoms with Crippen LogP contribution >= 0.6 is 0 Å². The number of alkyl halides is 3. The molecule has 1 atom stereocenters. The number of carbonyl (C=O) groups excluding carboxylic acids is 2. The lowest BCUT2D eigenvalue weighted by Gasteiger charge is -2.17. The summed E-state index contributed by atoms with van der Waals surface area (Å²) in [5.41, 5.74) is 6.85. The number of aryl methyl sites for hydroxylation is 2. The van der Waals surface area contributed by atoms with Crippen molar-refractivity contribution in [1.29, 1.82) is 0 Å². The topological polar surface area (TPSA) is 90.0 Å². The number of nitrogens with two attached hydrogens (primary N) is 1. The quantitative estimate of drug-likeness (QED) is 0.741. The molecule has 0 bridgehead atoms. The number of nitrogens with zero attached hydrogens (tertiary/aromatic N) is 2. The van der Waals surface area contributed by atoms with Crippen molar-refractivity contribution in [3.63, 3.8) is 0 Å². The minimum Gasteiger partial charge on any atom is -0.366 e. The Bertz CT molecular complexity index is 966. The highest BCUT2D eigenvalue weighted by Gasteiger charge is 2.39. The largest absolute Gasteiger partial charge is 0.435 e. The summed E-state index contributed by atoms with van der Waals surface area (Å²) in [4.78, 5) is 24.2. The van der Waals surface area contributed by atoms with Gasteiger partial charge in [0.05, 0.1) is 11.3 Å². The molecule has 1 aliphatic carbocycles. The van der Waals surface area contributed by atoms with Crippen molar-refractivity contribution in [3.05, 3.63) is 46.3 Å². The van der Waals surface area contributed by atoms with Gasteiger partial charge < -0.3 is 11.1 Å². The van der Waals surface area contributed by atoms with E-state index < -0.39 is 23.7 Å². The third-order valence-electron chi connectivity index (χ3n) is 5.45. The van der Waals surface area contributed by atoms with Gasteiger partial charge in [-0.05, 0) is 51.2 Å². The van der Waals surface area contributed by atoms with Crippen molar-refractivity contribution in [1.82, 2.24) is 9.78 Å². The number of benzene rings is 1. The number of anilines is 1. The normalized spacial score (nSPS) is 14.8. The van der Waals surface area contributed by atoms with E-state index in [2.05, 4.69) is 10.4 Å². The van der Waals surface area contributed by atoms with Gasteiger partial charge in [0.2, 0.25) is 5.91 Å². The number of halogens is 3. The number of carbonyl (C=O) groups is 2. The van der Waals surface area contributed by atoms with Gasteiger partial charge >= 0.3 is 6.18 Å².